The van der Waals surface area contributed by atoms with E-state index in [0.717, 1.165) is 54.6 Å². The first kappa shape index (κ1) is 11.6. The summed E-state index contributed by atoms with van der Waals surface area (Å²) >= 11 is 6.41. The Hall–Kier alpha value is -0.930. The van der Waals surface area contributed by atoms with E-state index >= 15 is 0 Å². The fourth-order valence-corrected chi connectivity index (χ4v) is 2.56. The number of nitrogens with two attached hydrogens (primary N) is 1. The summed E-state index contributed by atoms with van der Waals surface area (Å²) in [7, 11) is 0. The number of rotatable bonds is 2. The molecule has 0 unspecified atom stereocenters. The minimum atomic E-state index is 0.798. The second-order valence-corrected chi connectivity index (χ2v) is 4.44. The summed E-state index contributed by atoms with van der Waals surface area (Å²) in [5.74, 6) is 0. The Labute approximate surface area is 102 Å². The van der Waals surface area contributed by atoms with Crippen molar-refractivity contribution in [3.8, 4) is 0 Å². The van der Waals surface area contributed by atoms with Gasteiger partial charge >= 0.3 is 0 Å². The number of halogens is 1. The van der Waals surface area contributed by atoms with Crippen LogP contribution in [0.4, 0.5) is 11.4 Å². The first-order valence-corrected chi connectivity index (χ1v) is 6.14. The fourth-order valence-electron chi connectivity index (χ4n) is 2.13. The van der Waals surface area contributed by atoms with Crippen LogP contribution in [0.2, 0.25) is 5.02 Å². The molecule has 4 heteroatoms. The number of hydrogen-bond acceptors (Lipinski definition) is 3. The summed E-state index contributed by atoms with van der Waals surface area (Å²) in [6, 6.07) is 3.99. The molecule has 1 aromatic rings. The van der Waals surface area contributed by atoms with E-state index in [-0.39, 0.29) is 0 Å². The molecule has 16 heavy (non-hydrogen) atoms. The van der Waals surface area contributed by atoms with E-state index in [0.29, 0.717) is 0 Å². The molecule has 0 bridgehead atoms. The van der Waals surface area contributed by atoms with Gasteiger partial charge < -0.3 is 16.0 Å². The van der Waals surface area contributed by atoms with Crippen molar-refractivity contribution in [1.82, 2.24) is 5.32 Å². The third kappa shape index (κ3) is 2.11. The van der Waals surface area contributed by atoms with Crippen LogP contribution < -0.4 is 16.0 Å². The summed E-state index contributed by atoms with van der Waals surface area (Å²) in [5.41, 5.74) is 8.90. The molecule has 3 N–H and O–H groups in total. The zero-order valence-electron chi connectivity index (χ0n) is 9.59. The third-order valence-electron chi connectivity index (χ3n) is 3.07. The lowest BCUT2D eigenvalue weighted by Gasteiger charge is -2.31. The Morgan fingerprint density at radius 2 is 2.06 bits per heavy atom. The van der Waals surface area contributed by atoms with Gasteiger partial charge in [-0.1, -0.05) is 18.5 Å². The van der Waals surface area contributed by atoms with Gasteiger partial charge in [-0.05, 0) is 24.1 Å². The van der Waals surface area contributed by atoms with Crippen LogP contribution in [0.5, 0.6) is 0 Å². The minimum absolute atomic E-state index is 0.798. The molecule has 88 valence electrons. The zero-order valence-corrected chi connectivity index (χ0v) is 10.3. The van der Waals surface area contributed by atoms with E-state index in [4.69, 9.17) is 17.3 Å². The van der Waals surface area contributed by atoms with Crippen LogP contribution in [-0.2, 0) is 6.42 Å². The van der Waals surface area contributed by atoms with Crippen molar-refractivity contribution in [2.45, 2.75) is 13.3 Å². The number of nitrogens with zero attached hydrogens (tertiary/aromatic N) is 1. The molecule has 3 nitrogen and oxygen atoms in total. The van der Waals surface area contributed by atoms with E-state index in [1.807, 2.05) is 12.1 Å². The maximum Gasteiger partial charge on any atom is 0.0691 e. The average Bonchev–Trinajstić information content (AvgIpc) is 2.31. The summed E-state index contributed by atoms with van der Waals surface area (Å²) in [6.45, 7) is 6.13. The van der Waals surface area contributed by atoms with E-state index in [1.165, 1.54) is 0 Å². The van der Waals surface area contributed by atoms with E-state index < -0.39 is 0 Å². The van der Waals surface area contributed by atoms with Crippen molar-refractivity contribution in [2.24, 2.45) is 0 Å². The lowest BCUT2D eigenvalue weighted by molar-refractivity contribution is 0.589. The molecule has 2 rings (SSSR count). The first-order chi connectivity index (χ1) is 7.74. The van der Waals surface area contributed by atoms with Crippen molar-refractivity contribution in [2.75, 3.05) is 36.8 Å². The van der Waals surface area contributed by atoms with Gasteiger partial charge in [-0.15, -0.1) is 0 Å². The Bertz CT molecular complexity index is 373. The molecule has 0 atom stereocenters. The summed E-state index contributed by atoms with van der Waals surface area (Å²) < 4.78 is 0. The van der Waals surface area contributed by atoms with Gasteiger partial charge in [-0.25, -0.2) is 0 Å². The summed E-state index contributed by atoms with van der Waals surface area (Å²) in [6.07, 6.45) is 0.880. The predicted octanol–water partition coefficient (Wildman–Crippen LogP) is 1.89. The molecule has 0 aliphatic carbocycles. The Kier molecular flexibility index (Phi) is 3.56. The normalized spacial score (nSPS) is 16.5. The Morgan fingerprint density at radius 1 is 1.38 bits per heavy atom. The van der Waals surface area contributed by atoms with Crippen molar-refractivity contribution in [3.05, 3.63) is 22.7 Å². The molecule has 1 fully saturated rings. The lowest BCUT2D eigenvalue weighted by Crippen LogP contribution is -2.43. The van der Waals surface area contributed by atoms with Crippen LogP contribution in [0.15, 0.2) is 12.1 Å². The fraction of sp³-hybridized carbons (Fsp3) is 0.500. The minimum Gasteiger partial charge on any atom is -0.398 e. The Balaban J connectivity index is 2.33. The van der Waals surface area contributed by atoms with Crippen LogP contribution in [0.3, 0.4) is 0 Å². The molecule has 0 radical (unpaired) electrons. The summed E-state index contributed by atoms with van der Waals surface area (Å²) in [4.78, 5) is 2.32. The van der Waals surface area contributed by atoms with Crippen molar-refractivity contribution >= 4 is 23.0 Å². The molecule has 1 heterocycles. The second kappa shape index (κ2) is 4.93. The topological polar surface area (TPSA) is 41.3 Å². The van der Waals surface area contributed by atoms with Crippen LogP contribution in [0, 0.1) is 0 Å². The zero-order chi connectivity index (χ0) is 11.5. The van der Waals surface area contributed by atoms with Gasteiger partial charge in [0.1, 0.15) is 0 Å². The van der Waals surface area contributed by atoms with Crippen LogP contribution in [0.1, 0.15) is 12.5 Å². The maximum atomic E-state index is 6.41. The predicted molar refractivity (Wildman–Crippen MR) is 70.3 cm³/mol. The Morgan fingerprint density at radius 3 is 2.69 bits per heavy atom. The standard InChI is InChI=1S/C12H18ClN3/c1-2-9-10(14)3-4-11(12(9)13)16-7-5-15-6-8-16/h3-4,15H,2,5-8,14H2,1H3. The van der Waals surface area contributed by atoms with Crippen molar-refractivity contribution in [3.63, 3.8) is 0 Å². The number of hydrogen-bond donors (Lipinski definition) is 2. The maximum absolute atomic E-state index is 6.41. The molecule has 1 saturated heterocycles. The lowest BCUT2D eigenvalue weighted by atomic mass is 10.1. The molecular weight excluding hydrogens is 222 g/mol. The largest absolute Gasteiger partial charge is 0.398 e. The van der Waals surface area contributed by atoms with Gasteiger partial charge in [0.05, 0.1) is 10.7 Å². The molecule has 1 aliphatic heterocycles. The SMILES string of the molecule is CCc1c(N)ccc(N2CCNCC2)c1Cl. The van der Waals surface area contributed by atoms with E-state index in [9.17, 15) is 0 Å². The van der Waals surface area contributed by atoms with Crippen molar-refractivity contribution in [1.29, 1.82) is 0 Å². The number of nitrogens with one attached hydrogen (secondary N) is 1. The number of anilines is 2. The monoisotopic (exact) mass is 239 g/mol. The highest BCUT2D eigenvalue weighted by atomic mass is 35.5. The van der Waals surface area contributed by atoms with Crippen molar-refractivity contribution < 1.29 is 0 Å². The molecule has 1 aliphatic rings. The second-order valence-electron chi connectivity index (χ2n) is 4.06. The smallest absolute Gasteiger partial charge is 0.0691 e. The molecule has 1 aromatic carbocycles. The highest BCUT2D eigenvalue weighted by molar-refractivity contribution is 6.34. The summed E-state index contributed by atoms with van der Waals surface area (Å²) in [5, 5.41) is 4.16. The van der Waals surface area contributed by atoms with Gasteiger partial charge in [0.15, 0.2) is 0 Å². The van der Waals surface area contributed by atoms with Crippen LogP contribution in [0.25, 0.3) is 0 Å². The molecule has 0 aromatic heterocycles. The van der Waals surface area contributed by atoms with Crippen LogP contribution in [-0.4, -0.2) is 26.2 Å². The van der Waals surface area contributed by atoms with Gasteiger partial charge in [-0.3, -0.25) is 0 Å². The molecule has 0 spiro atoms. The van der Waals surface area contributed by atoms with Gasteiger partial charge in [0.2, 0.25) is 0 Å². The highest BCUT2D eigenvalue weighted by Gasteiger charge is 2.16. The highest BCUT2D eigenvalue weighted by Crippen LogP contribution is 2.33. The molecule has 0 saturated carbocycles. The number of benzene rings is 1. The molecule has 0 amide bonds. The number of piperazine rings is 1. The number of nitrogen functional groups attached to an aromatic ring is 1. The van der Waals surface area contributed by atoms with Gasteiger partial charge in [-0.2, -0.15) is 0 Å². The molecular formula is C12H18ClN3. The van der Waals surface area contributed by atoms with Gasteiger partial charge in [0.25, 0.3) is 0 Å². The van der Waals surface area contributed by atoms with Crippen LogP contribution >= 0.6 is 11.6 Å². The average molecular weight is 240 g/mol. The quantitative estimate of drug-likeness (QED) is 0.775. The van der Waals surface area contributed by atoms with E-state index in [2.05, 4.69) is 17.1 Å². The third-order valence-corrected chi connectivity index (χ3v) is 3.49. The van der Waals surface area contributed by atoms with Gasteiger partial charge in [0, 0.05) is 31.9 Å². The van der Waals surface area contributed by atoms with E-state index in [1.54, 1.807) is 0 Å². The first-order valence-electron chi connectivity index (χ1n) is 5.76.